The number of aliphatic carboxylic acids is 1. The molecule has 1 aromatic carbocycles. The van der Waals surface area contributed by atoms with Gasteiger partial charge in [0.25, 0.3) is 11.6 Å². The molecule has 2 rings (SSSR count). The zero-order valence-corrected chi connectivity index (χ0v) is 11.0. The predicted molar refractivity (Wildman–Crippen MR) is 68.7 cm³/mol. The van der Waals surface area contributed by atoms with Gasteiger partial charge in [0.05, 0.1) is 11.0 Å². The van der Waals surface area contributed by atoms with Crippen molar-refractivity contribution in [1.29, 1.82) is 0 Å². The zero-order chi connectivity index (χ0) is 15.6. The summed E-state index contributed by atoms with van der Waals surface area (Å²) in [5.41, 5.74) is -0.758. The fraction of sp³-hybridized carbons (Fsp3) is 0.333. The Morgan fingerprint density at radius 1 is 1.33 bits per heavy atom. The van der Waals surface area contributed by atoms with Gasteiger partial charge in [0.2, 0.25) is 0 Å². The molecule has 21 heavy (non-hydrogen) atoms. The van der Waals surface area contributed by atoms with Crippen molar-refractivity contribution >= 4 is 17.6 Å². The number of nitro benzene ring substituents is 1. The van der Waals surface area contributed by atoms with Crippen LogP contribution in [-0.4, -0.2) is 41.2 Å². The summed E-state index contributed by atoms with van der Waals surface area (Å²) in [4.78, 5) is 33.0. The van der Waals surface area contributed by atoms with Crippen LogP contribution in [0.1, 0.15) is 17.3 Å². The van der Waals surface area contributed by atoms with Crippen LogP contribution in [0.15, 0.2) is 12.1 Å². The molecule has 9 nitrogen and oxygen atoms in total. The predicted octanol–water partition coefficient (Wildman–Crippen LogP) is 0.569. The number of nitro groups is 1. The van der Waals surface area contributed by atoms with Crippen LogP contribution in [0, 0.1) is 10.1 Å². The van der Waals surface area contributed by atoms with Gasteiger partial charge in [0.1, 0.15) is 24.8 Å². The average molecular weight is 296 g/mol. The lowest BCUT2D eigenvalue weighted by Gasteiger charge is -2.19. The van der Waals surface area contributed by atoms with Crippen LogP contribution in [-0.2, 0) is 4.79 Å². The Labute approximate surface area is 118 Å². The second-order valence-electron chi connectivity index (χ2n) is 4.30. The fourth-order valence-electron chi connectivity index (χ4n) is 1.75. The number of benzene rings is 1. The number of nitrogens with zero attached hydrogens (tertiary/aromatic N) is 1. The summed E-state index contributed by atoms with van der Waals surface area (Å²) in [6, 6.07) is 1.09. The van der Waals surface area contributed by atoms with Crippen LogP contribution in [0.2, 0.25) is 0 Å². The molecule has 0 spiro atoms. The molecule has 0 aromatic heterocycles. The fourth-order valence-corrected chi connectivity index (χ4v) is 1.75. The van der Waals surface area contributed by atoms with Gasteiger partial charge in [0.15, 0.2) is 11.5 Å². The van der Waals surface area contributed by atoms with Crippen molar-refractivity contribution in [2.24, 2.45) is 0 Å². The summed E-state index contributed by atoms with van der Waals surface area (Å²) in [5, 5.41) is 22.0. The van der Waals surface area contributed by atoms with E-state index in [9.17, 15) is 19.7 Å². The Kier molecular flexibility index (Phi) is 3.92. The largest absolute Gasteiger partial charge is 0.486 e. The second-order valence-corrected chi connectivity index (χ2v) is 4.30. The molecule has 0 fully saturated rings. The van der Waals surface area contributed by atoms with Gasteiger partial charge in [-0.3, -0.25) is 19.7 Å². The Balaban J connectivity index is 2.39. The molecule has 1 amide bonds. The number of hydrogen-bond donors (Lipinski definition) is 2. The lowest BCUT2D eigenvalue weighted by atomic mass is 10.1. The zero-order valence-electron chi connectivity index (χ0n) is 11.0. The molecule has 9 heteroatoms. The molecule has 1 aliphatic rings. The topological polar surface area (TPSA) is 128 Å². The van der Waals surface area contributed by atoms with Crippen molar-refractivity contribution in [2.75, 3.05) is 13.2 Å². The van der Waals surface area contributed by atoms with E-state index in [1.807, 2.05) is 0 Å². The molecule has 0 bridgehead atoms. The minimum absolute atomic E-state index is 0.177. The highest BCUT2D eigenvalue weighted by atomic mass is 16.6. The lowest BCUT2D eigenvalue weighted by Crippen LogP contribution is -2.38. The highest BCUT2D eigenvalue weighted by Crippen LogP contribution is 2.36. The minimum atomic E-state index is -1.25. The van der Waals surface area contributed by atoms with E-state index in [2.05, 4.69) is 5.32 Å². The molecule has 2 N–H and O–H groups in total. The number of ether oxygens (including phenoxy) is 2. The molecule has 1 aromatic rings. The summed E-state index contributed by atoms with van der Waals surface area (Å²) in [5.74, 6) is -1.73. The number of nitrogens with one attached hydrogen (secondary N) is 1. The number of rotatable bonds is 4. The number of amides is 1. The van der Waals surface area contributed by atoms with Gasteiger partial charge in [-0.25, -0.2) is 0 Å². The molecule has 0 saturated heterocycles. The third-order valence-electron chi connectivity index (χ3n) is 2.82. The van der Waals surface area contributed by atoms with Gasteiger partial charge >= 0.3 is 5.97 Å². The second kappa shape index (κ2) is 5.65. The quantitative estimate of drug-likeness (QED) is 0.614. The SMILES string of the molecule is C[C@H](NC(=O)c1cc2c(cc1[N+](=O)[O-])OCCO2)C(=O)O. The van der Waals surface area contributed by atoms with E-state index in [0.29, 0.717) is 0 Å². The first-order chi connectivity index (χ1) is 9.90. The Hall–Kier alpha value is -2.84. The Morgan fingerprint density at radius 2 is 1.90 bits per heavy atom. The van der Waals surface area contributed by atoms with E-state index in [4.69, 9.17) is 14.6 Å². The van der Waals surface area contributed by atoms with Gasteiger partial charge < -0.3 is 19.9 Å². The number of carbonyl (C=O) groups is 2. The van der Waals surface area contributed by atoms with Gasteiger partial charge in [-0.1, -0.05) is 0 Å². The van der Waals surface area contributed by atoms with Crippen LogP contribution < -0.4 is 14.8 Å². The van der Waals surface area contributed by atoms with E-state index in [-0.39, 0.29) is 30.3 Å². The molecule has 0 radical (unpaired) electrons. The Morgan fingerprint density at radius 3 is 2.43 bits per heavy atom. The summed E-state index contributed by atoms with van der Waals surface area (Å²) < 4.78 is 10.5. The highest BCUT2D eigenvalue weighted by molar-refractivity contribution is 6.00. The summed E-state index contributed by atoms with van der Waals surface area (Å²) >= 11 is 0. The van der Waals surface area contributed by atoms with Crippen molar-refractivity contribution in [3.63, 3.8) is 0 Å². The maximum Gasteiger partial charge on any atom is 0.325 e. The van der Waals surface area contributed by atoms with E-state index < -0.39 is 28.5 Å². The van der Waals surface area contributed by atoms with Gasteiger partial charge in [-0.15, -0.1) is 0 Å². The summed E-state index contributed by atoms with van der Waals surface area (Å²) in [6.45, 7) is 1.77. The van der Waals surface area contributed by atoms with E-state index >= 15 is 0 Å². The summed E-state index contributed by atoms with van der Waals surface area (Å²) in [6.07, 6.45) is 0. The van der Waals surface area contributed by atoms with Crippen molar-refractivity contribution < 1.29 is 29.1 Å². The molecule has 0 unspecified atom stereocenters. The number of carboxylic acids is 1. The normalized spacial score (nSPS) is 14.1. The number of carboxylic acid groups (broad SMARTS) is 1. The smallest absolute Gasteiger partial charge is 0.325 e. The first kappa shape index (κ1) is 14.6. The van der Waals surface area contributed by atoms with Crippen LogP contribution in [0.3, 0.4) is 0 Å². The molecular weight excluding hydrogens is 284 g/mol. The monoisotopic (exact) mass is 296 g/mol. The highest BCUT2D eigenvalue weighted by Gasteiger charge is 2.27. The third-order valence-corrected chi connectivity index (χ3v) is 2.82. The molecule has 1 heterocycles. The molecule has 1 aliphatic heterocycles. The maximum absolute atomic E-state index is 12.0. The third kappa shape index (κ3) is 3.02. The minimum Gasteiger partial charge on any atom is -0.486 e. The summed E-state index contributed by atoms with van der Waals surface area (Å²) in [7, 11) is 0. The van der Waals surface area contributed by atoms with Crippen molar-refractivity contribution in [2.45, 2.75) is 13.0 Å². The molecule has 0 saturated carbocycles. The molecular formula is C12H12N2O7. The maximum atomic E-state index is 12.0. The van der Waals surface area contributed by atoms with Crippen molar-refractivity contribution in [3.05, 3.63) is 27.8 Å². The van der Waals surface area contributed by atoms with E-state index in [1.54, 1.807) is 0 Å². The van der Waals surface area contributed by atoms with Crippen molar-refractivity contribution in [3.8, 4) is 11.5 Å². The van der Waals surface area contributed by atoms with Crippen LogP contribution >= 0.6 is 0 Å². The molecule has 112 valence electrons. The molecule has 1 atom stereocenters. The van der Waals surface area contributed by atoms with Crippen LogP contribution in [0.5, 0.6) is 11.5 Å². The number of fused-ring (bicyclic) bond motifs is 1. The standard InChI is InChI=1S/C12H12N2O7/c1-6(12(16)17)13-11(15)7-4-9-10(21-3-2-20-9)5-8(7)14(18)19/h4-6H,2-3H2,1H3,(H,13,15)(H,16,17)/t6-/m0/s1. The first-order valence-electron chi connectivity index (χ1n) is 6.02. The van der Waals surface area contributed by atoms with Crippen LogP contribution in [0.4, 0.5) is 5.69 Å². The Bertz CT molecular complexity index is 614. The number of carbonyl (C=O) groups excluding carboxylic acids is 1. The lowest BCUT2D eigenvalue weighted by molar-refractivity contribution is -0.385. The van der Waals surface area contributed by atoms with Gasteiger partial charge in [0, 0.05) is 6.07 Å². The van der Waals surface area contributed by atoms with Crippen molar-refractivity contribution in [1.82, 2.24) is 5.32 Å². The van der Waals surface area contributed by atoms with E-state index in [0.717, 1.165) is 6.07 Å². The molecule has 0 aliphatic carbocycles. The van der Waals surface area contributed by atoms with Gasteiger partial charge in [-0.05, 0) is 6.92 Å². The average Bonchev–Trinajstić information content (AvgIpc) is 2.45. The first-order valence-corrected chi connectivity index (χ1v) is 6.02. The van der Waals surface area contributed by atoms with Gasteiger partial charge in [-0.2, -0.15) is 0 Å². The van der Waals surface area contributed by atoms with E-state index in [1.165, 1.54) is 13.0 Å². The van der Waals surface area contributed by atoms with Crippen LogP contribution in [0.25, 0.3) is 0 Å². The number of hydrogen-bond acceptors (Lipinski definition) is 6.